The monoisotopic (exact) mass is 275 g/mol. The summed E-state index contributed by atoms with van der Waals surface area (Å²) in [7, 11) is 0. The van der Waals surface area contributed by atoms with Crippen LogP contribution in [0.25, 0.3) is 0 Å². The second-order valence-corrected chi connectivity index (χ2v) is 5.94. The molecule has 1 amide bonds. The lowest BCUT2D eigenvalue weighted by Gasteiger charge is -2.41. The first kappa shape index (κ1) is 14.2. The highest BCUT2D eigenvalue weighted by Crippen LogP contribution is 2.44. The molecule has 2 fully saturated rings. The van der Waals surface area contributed by atoms with Crippen LogP contribution in [0.2, 0.25) is 0 Å². The van der Waals surface area contributed by atoms with E-state index in [1.807, 2.05) is 0 Å². The number of hydrogen-bond acceptors (Lipinski definition) is 2. The van der Waals surface area contributed by atoms with Crippen LogP contribution < -0.4 is 5.32 Å². The Morgan fingerprint density at radius 3 is 2.37 bits per heavy atom. The number of carbonyl (C=O) groups is 2. The quantitative estimate of drug-likeness (QED) is 0.808. The summed E-state index contributed by atoms with van der Waals surface area (Å²) in [6.45, 7) is 0.292. The zero-order valence-electron chi connectivity index (χ0n) is 10.8. The van der Waals surface area contributed by atoms with Crippen molar-refractivity contribution >= 4 is 11.9 Å². The van der Waals surface area contributed by atoms with Crippen molar-refractivity contribution in [2.45, 2.75) is 50.9 Å². The summed E-state index contributed by atoms with van der Waals surface area (Å²) in [6, 6.07) is 0. The van der Waals surface area contributed by atoms with Gasteiger partial charge in [-0.1, -0.05) is 6.42 Å². The summed E-state index contributed by atoms with van der Waals surface area (Å²) in [5.41, 5.74) is -0.359. The summed E-state index contributed by atoms with van der Waals surface area (Å²) in [6.07, 6.45) is 2.15. The number of carboxylic acid groups (broad SMARTS) is 1. The van der Waals surface area contributed by atoms with Crippen LogP contribution in [-0.4, -0.2) is 29.5 Å². The molecule has 1 unspecified atom stereocenters. The van der Waals surface area contributed by atoms with Crippen LogP contribution in [0, 0.1) is 11.3 Å². The number of nitrogens with one attached hydrogen (secondary N) is 1. The maximum absolute atomic E-state index is 13.0. The predicted octanol–water partition coefficient (Wildman–Crippen LogP) is 2.18. The molecule has 2 saturated carbocycles. The van der Waals surface area contributed by atoms with Gasteiger partial charge in [0.05, 0.1) is 6.42 Å². The van der Waals surface area contributed by atoms with E-state index in [1.54, 1.807) is 0 Å². The maximum Gasteiger partial charge on any atom is 0.303 e. The molecule has 0 aliphatic heterocycles. The number of alkyl halides is 2. The number of halogens is 2. The molecule has 6 heteroatoms. The van der Waals surface area contributed by atoms with Crippen molar-refractivity contribution in [3.05, 3.63) is 0 Å². The molecule has 2 rings (SSSR count). The third kappa shape index (κ3) is 3.42. The highest BCUT2D eigenvalue weighted by atomic mass is 19.3. The smallest absolute Gasteiger partial charge is 0.303 e. The van der Waals surface area contributed by atoms with Crippen LogP contribution in [0.1, 0.15) is 44.9 Å². The first-order valence-corrected chi connectivity index (χ1v) is 6.69. The molecule has 0 radical (unpaired) electrons. The van der Waals surface area contributed by atoms with Crippen LogP contribution in [0.4, 0.5) is 8.78 Å². The van der Waals surface area contributed by atoms with Gasteiger partial charge in [0.2, 0.25) is 11.8 Å². The molecule has 1 atom stereocenters. The van der Waals surface area contributed by atoms with Crippen LogP contribution in [-0.2, 0) is 9.59 Å². The minimum atomic E-state index is -2.72. The predicted molar refractivity (Wildman–Crippen MR) is 63.8 cm³/mol. The Kier molecular flexibility index (Phi) is 3.78. The van der Waals surface area contributed by atoms with Gasteiger partial charge in [-0.3, -0.25) is 9.59 Å². The summed E-state index contributed by atoms with van der Waals surface area (Å²) in [5.74, 6) is -4.58. The lowest BCUT2D eigenvalue weighted by atomic mass is 9.66. The number of aliphatic carboxylic acids is 1. The van der Waals surface area contributed by atoms with E-state index in [4.69, 9.17) is 5.11 Å². The molecule has 0 aromatic heterocycles. The number of carboxylic acids is 1. The van der Waals surface area contributed by atoms with Crippen molar-refractivity contribution in [2.24, 2.45) is 11.3 Å². The van der Waals surface area contributed by atoms with E-state index in [0.29, 0.717) is 6.54 Å². The first-order valence-electron chi connectivity index (χ1n) is 6.69. The molecule has 0 bridgehead atoms. The summed E-state index contributed by atoms with van der Waals surface area (Å²) in [5, 5.41) is 11.5. The maximum atomic E-state index is 13.0. The zero-order valence-corrected chi connectivity index (χ0v) is 10.8. The Morgan fingerprint density at radius 1 is 1.26 bits per heavy atom. The molecule has 2 aliphatic rings. The van der Waals surface area contributed by atoms with Gasteiger partial charge in [0.1, 0.15) is 0 Å². The van der Waals surface area contributed by atoms with E-state index in [1.165, 1.54) is 0 Å². The molecule has 0 spiro atoms. The van der Waals surface area contributed by atoms with Crippen molar-refractivity contribution < 1.29 is 23.5 Å². The Hall–Kier alpha value is -1.20. The molecular weight excluding hydrogens is 256 g/mol. The van der Waals surface area contributed by atoms with Gasteiger partial charge in [-0.15, -0.1) is 0 Å². The van der Waals surface area contributed by atoms with Gasteiger partial charge in [-0.05, 0) is 24.7 Å². The topological polar surface area (TPSA) is 66.4 Å². The second kappa shape index (κ2) is 5.06. The molecule has 2 N–H and O–H groups in total. The second-order valence-electron chi connectivity index (χ2n) is 5.94. The fraction of sp³-hybridized carbons (Fsp3) is 0.846. The molecule has 0 saturated heterocycles. The number of rotatable bonds is 5. The van der Waals surface area contributed by atoms with Crippen LogP contribution >= 0.6 is 0 Å². The summed E-state index contributed by atoms with van der Waals surface area (Å²) < 4.78 is 26.0. The van der Waals surface area contributed by atoms with Gasteiger partial charge in [-0.25, -0.2) is 8.78 Å². The van der Waals surface area contributed by atoms with Crippen molar-refractivity contribution in [1.82, 2.24) is 5.32 Å². The number of amides is 1. The molecule has 0 aromatic rings. The summed E-state index contributed by atoms with van der Waals surface area (Å²) >= 11 is 0. The van der Waals surface area contributed by atoms with Crippen LogP contribution in [0.5, 0.6) is 0 Å². The summed E-state index contributed by atoms with van der Waals surface area (Å²) in [4.78, 5) is 22.6. The van der Waals surface area contributed by atoms with Gasteiger partial charge in [-0.2, -0.15) is 0 Å². The zero-order chi connectivity index (χ0) is 14.1. The van der Waals surface area contributed by atoms with Crippen LogP contribution in [0.3, 0.4) is 0 Å². The van der Waals surface area contributed by atoms with E-state index in [-0.39, 0.29) is 37.0 Å². The van der Waals surface area contributed by atoms with Gasteiger partial charge in [0.25, 0.3) is 0 Å². The van der Waals surface area contributed by atoms with Gasteiger partial charge in [0.15, 0.2) is 0 Å². The minimum Gasteiger partial charge on any atom is -0.481 e. The Morgan fingerprint density at radius 2 is 1.95 bits per heavy atom. The van der Waals surface area contributed by atoms with Crippen LogP contribution in [0.15, 0.2) is 0 Å². The lowest BCUT2D eigenvalue weighted by molar-refractivity contribution is -0.142. The van der Waals surface area contributed by atoms with E-state index >= 15 is 0 Å². The Balaban J connectivity index is 1.81. The third-order valence-electron chi connectivity index (χ3n) is 4.35. The van der Waals surface area contributed by atoms with E-state index in [9.17, 15) is 18.4 Å². The third-order valence-corrected chi connectivity index (χ3v) is 4.35. The fourth-order valence-electron chi connectivity index (χ4n) is 3.01. The first-order chi connectivity index (χ1) is 8.82. The SMILES string of the molecule is O=C(O)CC1(CNC(=O)C2CCC(F)(F)C2)CCC1. The lowest BCUT2D eigenvalue weighted by Crippen LogP contribution is -2.45. The molecule has 2 aliphatic carbocycles. The minimum absolute atomic E-state index is 0.0358. The van der Waals surface area contributed by atoms with E-state index in [2.05, 4.69) is 5.32 Å². The average Bonchev–Trinajstić information content (AvgIpc) is 2.62. The van der Waals surface area contributed by atoms with Gasteiger partial charge in [0, 0.05) is 25.3 Å². The molecule has 4 nitrogen and oxygen atoms in total. The van der Waals surface area contributed by atoms with Crippen molar-refractivity contribution in [1.29, 1.82) is 0 Å². The van der Waals surface area contributed by atoms with Gasteiger partial charge >= 0.3 is 5.97 Å². The molecule has 108 valence electrons. The van der Waals surface area contributed by atoms with E-state index < -0.39 is 17.8 Å². The number of carbonyl (C=O) groups excluding carboxylic acids is 1. The number of hydrogen-bond donors (Lipinski definition) is 2. The normalized spacial score (nSPS) is 27.6. The Bertz CT molecular complexity index is 380. The fourth-order valence-corrected chi connectivity index (χ4v) is 3.01. The average molecular weight is 275 g/mol. The van der Waals surface area contributed by atoms with Crippen molar-refractivity contribution in [3.63, 3.8) is 0 Å². The van der Waals surface area contributed by atoms with Crippen molar-refractivity contribution in [2.75, 3.05) is 6.54 Å². The van der Waals surface area contributed by atoms with E-state index in [0.717, 1.165) is 19.3 Å². The van der Waals surface area contributed by atoms with Crippen molar-refractivity contribution in [3.8, 4) is 0 Å². The Labute approximate surface area is 110 Å². The van der Waals surface area contributed by atoms with Gasteiger partial charge < -0.3 is 10.4 Å². The highest BCUT2D eigenvalue weighted by Gasteiger charge is 2.44. The molecule has 19 heavy (non-hydrogen) atoms. The molecule has 0 heterocycles. The molecular formula is C13H19F2NO3. The molecule has 0 aromatic carbocycles. The highest BCUT2D eigenvalue weighted by molar-refractivity contribution is 5.79. The largest absolute Gasteiger partial charge is 0.481 e. The standard InChI is InChI=1S/C13H19F2NO3/c14-13(15)5-2-9(6-13)11(19)16-8-12(3-1-4-12)7-10(17)18/h9H,1-8H2,(H,16,19)(H,17,18).